The molecule has 0 amide bonds. The van der Waals surface area contributed by atoms with Crippen LogP contribution in [0.5, 0.6) is 5.75 Å². The Morgan fingerprint density at radius 1 is 1.00 bits per heavy atom. The predicted octanol–water partition coefficient (Wildman–Crippen LogP) is 3.36. The van der Waals surface area contributed by atoms with E-state index in [0.29, 0.717) is 0 Å². The predicted molar refractivity (Wildman–Crippen MR) is 96.7 cm³/mol. The van der Waals surface area contributed by atoms with E-state index >= 15 is 0 Å². The van der Waals surface area contributed by atoms with Gasteiger partial charge < -0.3 is 14.0 Å². The zero-order chi connectivity index (χ0) is 17.5. The Balaban J connectivity index is 1.84. The van der Waals surface area contributed by atoms with Crippen LogP contribution in [0, 0.1) is 6.92 Å². The van der Waals surface area contributed by atoms with Crippen molar-refractivity contribution in [1.29, 1.82) is 0 Å². The number of aromatic nitrogens is 1. The van der Waals surface area contributed by atoms with Gasteiger partial charge in [-0.25, -0.2) is 0 Å². The quantitative estimate of drug-likeness (QED) is 0.812. The van der Waals surface area contributed by atoms with Crippen molar-refractivity contribution in [3.63, 3.8) is 0 Å². The van der Waals surface area contributed by atoms with Gasteiger partial charge in [0.2, 0.25) is 0 Å². The molecular weight excluding hydrogens is 301 g/mol. The van der Waals surface area contributed by atoms with Gasteiger partial charge in [0.15, 0.2) is 0 Å². The smallest absolute Gasteiger partial charge is 0.494 e. The van der Waals surface area contributed by atoms with E-state index in [4.69, 9.17) is 14.0 Å². The van der Waals surface area contributed by atoms with Crippen LogP contribution in [0.4, 0.5) is 0 Å². The summed E-state index contributed by atoms with van der Waals surface area (Å²) in [6.45, 7) is 10.2. The standard InChI is InChI=1S/C19H24BNO3/c1-13-12-21-16(11-17(13)22-6)14-7-9-15(10-8-14)20-23-18(2,3)19(4,5)24-20/h7-12H,1-6H3. The molecule has 1 saturated heterocycles. The first kappa shape index (κ1) is 17.0. The number of aryl methyl sites for hydroxylation is 1. The van der Waals surface area contributed by atoms with Crippen LogP contribution >= 0.6 is 0 Å². The minimum absolute atomic E-state index is 0.331. The average Bonchev–Trinajstić information content (AvgIpc) is 2.76. The number of hydrogen-bond acceptors (Lipinski definition) is 4. The molecule has 2 heterocycles. The number of hydrogen-bond donors (Lipinski definition) is 0. The zero-order valence-corrected chi connectivity index (χ0v) is 15.2. The lowest BCUT2D eigenvalue weighted by molar-refractivity contribution is 0.00578. The molecule has 0 radical (unpaired) electrons. The van der Waals surface area contributed by atoms with Crippen molar-refractivity contribution >= 4 is 12.6 Å². The van der Waals surface area contributed by atoms with Crippen LogP contribution in [0.1, 0.15) is 33.3 Å². The molecule has 24 heavy (non-hydrogen) atoms. The lowest BCUT2D eigenvalue weighted by Crippen LogP contribution is -2.41. The summed E-state index contributed by atoms with van der Waals surface area (Å²) in [7, 11) is 1.33. The Bertz CT molecular complexity index is 725. The third-order valence-electron chi connectivity index (χ3n) is 5.01. The molecule has 2 aromatic rings. The van der Waals surface area contributed by atoms with Gasteiger partial charge in [-0.1, -0.05) is 24.3 Å². The molecule has 1 aliphatic rings. The molecule has 0 spiro atoms. The molecule has 0 bridgehead atoms. The highest BCUT2D eigenvalue weighted by Gasteiger charge is 2.51. The molecule has 1 aliphatic heterocycles. The SMILES string of the molecule is COc1cc(-c2ccc(B3OC(C)(C)C(C)(C)O3)cc2)ncc1C. The fourth-order valence-corrected chi connectivity index (χ4v) is 2.67. The zero-order valence-electron chi connectivity index (χ0n) is 15.2. The summed E-state index contributed by atoms with van der Waals surface area (Å²) in [6.07, 6.45) is 1.83. The monoisotopic (exact) mass is 325 g/mol. The Morgan fingerprint density at radius 3 is 2.12 bits per heavy atom. The normalized spacial score (nSPS) is 18.7. The molecule has 5 heteroatoms. The second-order valence-corrected chi connectivity index (χ2v) is 7.25. The molecule has 1 aromatic heterocycles. The van der Waals surface area contributed by atoms with Crippen molar-refractivity contribution in [3.05, 3.63) is 42.1 Å². The summed E-state index contributed by atoms with van der Waals surface area (Å²) in [5.74, 6) is 0.843. The van der Waals surface area contributed by atoms with Gasteiger partial charge in [-0.05, 0) is 40.1 Å². The second kappa shape index (κ2) is 5.90. The second-order valence-electron chi connectivity index (χ2n) is 7.25. The minimum Gasteiger partial charge on any atom is -0.496 e. The van der Waals surface area contributed by atoms with E-state index in [1.165, 1.54) is 0 Å². The highest BCUT2D eigenvalue weighted by Crippen LogP contribution is 2.36. The summed E-state index contributed by atoms with van der Waals surface area (Å²) in [5, 5.41) is 0. The molecule has 0 unspecified atom stereocenters. The van der Waals surface area contributed by atoms with Gasteiger partial charge in [0, 0.05) is 23.4 Å². The maximum atomic E-state index is 6.09. The van der Waals surface area contributed by atoms with Crippen molar-refractivity contribution in [3.8, 4) is 17.0 Å². The number of nitrogens with zero attached hydrogens (tertiary/aromatic N) is 1. The first-order valence-electron chi connectivity index (χ1n) is 8.20. The van der Waals surface area contributed by atoms with E-state index in [9.17, 15) is 0 Å². The number of ether oxygens (including phenoxy) is 1. The lowest BCUT2D eigenvalue weighted by Gasteiger charge is -2.32. The van der Waals surface area contributed by atoms with E-state index in [1.807, 2.05) is 43.5 Å². The van der Waals surface area contributed by atoms with E-state index in [1.54, 1.807) is 7.11 Å². The maximum absolute atomic E-state index is 6.09. The number of rotatable bonds is 3. The Morgan fingerprint density at radius 2 is 1.58 bits per heavy atom. The van der Waals surface area contributed by atoms with Gasteiger partial charge in [0.25, 0.3) is 0 Å². The first-order chi connectivity index (χ1) is 11.2. The summed E-state index contributed by atoms with van der Waals surface area (Å²) >= 11 is 0. The maximum Gasteiger partial charge on any atom is 0.494 e. The molecule has 126 valence electrons. The molecule has 4 nitrogen and oxygen atoms in total. The molecule has 1 fully saturated rings. The van der Waals surface area contributed by atoms with Crippen LogP contribution in [0.25, 0.3) is 11.3 Å². The largest absolute Gasteiger partial charge is 0.496 e. The highest BCUT2D eigenvalue weighted by atomic mass is 16.7. The van der Waals surface area contributed by atoms with Gasteiger partial charge >= 0.3 is 7.12 Å². The summed E-state index contributed by atoms with van der Waals surface area (Å²) in [4.78, 5) is 4.49. The Hall–Kier alpha value is -1.85. The summed E-state index contributed by atoms with van der Waals surface area (Å²) < 4.78 is 17.6. The van der Waals surface area contributed by atoms with Crippen LogP contribution in [-0.4, -0.2) is 30.4 Å². The number of methoxy groups -OCH3 is 1. The fourth-order valence-electron chi connectivity index (χ4n) is 2.67. The third-order valence-corrected chi connectivity index (χ3v) is 5.01. The van der Waals surface area contributed by atoms with Crippen LogP contribution < -0.4 is 10.2 Å². The molecule has 0 N–H and O–H groups in total. The molecule has 1 aromatic carbocycles. The van der Waals surface area contributed by atoms with Gasteiger partial charge in [0.05, 0.1) is 24.0 Å². The molecule has 0 atom stereocenters. The van der Waals surface area contributed by atoms with E-state index in [-0.39, 0.29) is 18.3 Å². The van der Waals surface area contributed by atoms with Crippen LogP contribution in [0.3, 0.4) is 0 Å². The molecular formula is C19H24BNO3. The van der Waals surface area contributed by atoms with Crippen molar-refractivity contribution < 1.29 is 14.0 Å². The van der Waals surface area contributed by atoms with Gasteiger partial charge in [-0.3, -0.25) is 4.98 Å². The van der Waals surface area contributed by atoms with E-state index < -0.39 is 0 Å². The number of pyridine rings is 1. The lowest BCUT2D eigenvalue weighted by atomic mass is 9.79. The number of benzene rings is 1. The van der Waals surface area contributed by atoms with Crippen molar-refractivity contribution in [1.82, 2.24) is 4.98 Å². The summed E-state index contributed by atoms with van der Waals surface area (Å²) in [5.41, 5.74) is 3.29. The van der Waals surface area contributed by atoms with Crippen molar-refractivity contribution in [2.24, 2.45) is 0 Å². The topological polar surface area (TPSA) is 40.6 Å². The Kier molecular flexibility index (Phi) is 4.18. The molecule has 0 aliphatic carbocycles. The van der Waals surface area contributed by atoms with Gasteiger partial charge in [0.1, 0.15) is 5.75 Å². The molecule has 3 rings (SSSR count). The van der Waals surface area contributed by atoms with E-state index in [0.717, 1.165) is 28.0 Å². The van der Waals surface area contributed by atoms with Gasteiger partial charge in [-0.2, -0.15) is 0 Å². The summed E-state index contributed by atoms with van der Waals surface area (Å²) in [6, 6.07) is 10.1. The van der Waals surface area contributed by atoms with Gasteiger partial charge in [-0.15, -0.1) is 0 Å². The van der Waals surface area contributed by atoms with Crippen molar-refractivity contribution in [2.75, 3.05) is 7.11 Å². The Labute approximate surface area is 144 Å². The third kappa shape index (κ3) is 2.94. The van der Waals surface area contributed by atoms with Crippen molar-refractivity contribution in [2.45, 2.75) is 45.8 Å². The first-order valence-corrected chi connectivity index (χ1v) is 8.20. The fraction of sp³-hybridized carbons (Fsp3) is 0.421. The van der Waals surface area contributed by atoms with Crippen LogP contribution in [-0.2, 0) is 9.31 Å². The van der Waals surface area contributed by atoms with Crippen LogP contribution in [0.2, 0.25) is 0 Å². The van der Waals surface area contributed by atoms with Crippen LogP contribution in [0.15, 0.2) is 36.5 Å². The molecule has 0 saturated carbocycles. The average molecular weight is 325 g/mol. The minimum atomic E-state index is -0.343. The highest BCUT2D eigenvalue weighted by molar-refractivity contribution is 6.62. The van der Waals surface area contributed by atoms with E-state index in [2.05, 4.69) is 32.7 Å².